The van der Waals surface area contributed by atoms with Gasteiger partial charge in [0.05, 0.1) is 17.9 Å². The smallest absolute Gasteiger partial charge is 0.228 e. The van der Waals surface area contributed by atoms with Crippen LogP contribution in [0.2, 0.25) is 18.6 Å². The third-order valence-corrected chi connectivity index (χ3v) is 9.63. The van der Waals surface area contributed by atoms with Gasteiger partial charge in [-0.25, -0.2) is 0 Å². The van der Waals surface area contributed by atoms with Crippen LogP contribution in [0.25, 0.3) is 0 Å². The molecule has 2 aliphatic heterocycles. The zero-order valence-corrected chi connectivity index (χ0v) is 20.9. The lowest BCUT2D eigenvalue weighted by molar-refractivity contribution is -0.122. The molecule has 4 rings (SSSR count). The standard InChI is InChI=1S/C24H36N4O4Si/c1-17-21(8-7-18-5-4-6-20(15-18)28-13-10-23(28)30)32-22(24(17)33(2,3)31)9-12-27-16-19(11-14-29)25-26-27/h4-6,15-17,21-22,24,29,31H,7-14H2,1-3H3/t17-,21+,22-,24+/m0/s1. The SMILES string of the molecule is C[C@@H]1[C@@H]([Si](C)(C)O)[C@H](CCn2cc(CCO)nn2)O[C@@H]1CCc1cccc(N2CCC2=O)c1. The van der Waals surface area contributed by atoms with Crippen LogP contribution in [0.3, 0.4) is 0 Å². The number of anilines is 1. The van der Waals surface area contributed by atoms with Crippen molar-refractivity contribution in [2.45, 2.75) is 76.4 Å². The Morgan fingerprint density at radius 2 is 2.03 bits per heavy atom. The van der Waals surface area contributed by atoms with Gasteiger partial charge >= 0.3 is 0 Å². The van der Waals surface area contributed by atoms with Crippen LogP contribution in [0.4, 0.5) is 5.69 Å². The van der Waals surface area contributed by atoms with Crippen LogP contribution in [0.5, 0.6) is 0 Å². The lowest BCUT2D eigenvalue weighted by Crippen LogP contribution is -2.43. The topological polar surface area (TPSA) is 101 Å². The van der Waals surface area contributed by atoms with Crippen molar-refractivity contribution in [1.29, 1.82) is 0 Å². The van der Waals surface area contributed by atoms with Crippen LogP contribution >= 0.6 is 0 Å². The second kappa shape index (κ2) is 10.0. The highest BCUT2D eigenvalue weighted by Gasteiger charge is 2.49. The molecule has 2 saturated heterocycles. The largest absolute Gasteiger partial charge is 0.432 e. The van der Waals surface area contributed by atoms with E-state index in [9.17, 15) is 9.59 Å². The third kappa shape index (κ3) is 5.54. The second-order valence-corrected chi connectivity index (χ2v) is 14.0. The Bertz CT molecular complexity index is 960. The van der Waals surface area contributed by atoms with Gasteiger partial charge in [-0.05, 0) is 56.0 Å². The summed E-state index contributed by atoms with van der Waals surface area (Å²) in [6, 6.07) is 8.25. The summed E-state index contributed by atoms with van der Waals surface area (Å²) in [5.74, 6) is 0.471. The molecule has 0 bridgehead atoms. The van der Waals surface area contributed by atoms with Crippen LogP contribution in [0.1, 0.15) is 37.4 Å². The summed E-state index contributed by atoms with van der Waals surface area (Å²) < 4.78 is 8.35. The Labute approximate surface area is 196 Å². The Balaban J connectivity index is 1.38. The van der Waals surface area contributed by atoms with Crippen molar-refractivity contribution in [1.82, 2.24) is 15.0 Å². The summed E-state index contributed by atoms with van der Waals surface area (Å²) in [6.45, 7) is 7.77. The predicted octanol–water partition coefficient (Wildman–Crippen LogP) is 2.54. The number of carbonyl (C=O) groups excluding carboxylic acids is 1. The summed E-state index contributed by atoms with van der Waals surface area (Å²) in [5, 5.41) is 17.3. The number of amides is 1. The monoisotopic (exact) mass is 472 g/mol. The molecule has 0 spiro atoms. The number of ether oxygens (including phenoxy) is 1. The predicted molar refractivity (Wildman–Crippen MR) is 128 cm³/mol. The number of hydrogen-bond donors (Lipinski definition) is 2. The van der Waals surface area contributed by atoms with E-state index >= 15 is 0 Å². The molecule has 4 atom stereocenters. The van der Waals surface area contributed by atoms with Gasteiger partial charge in [0.15, 0.2) is 8.32 Å². The maximum absolute atomic E-state index is 11.8. The molecule has 1 aromatic carbocycles. The normalized spacial score (nSPS) is 25.5. The van der Waals surface area contributed by atoms with Crippen molar-refractivity contribution >= 4 is 19.9 Å². The molecule has 33 heavy (non-hydrogen) atoms. The molecule has 2 fully saturated rings. The van der Waals surface area contributed by atoms with E-state index in [1.165, 1.54) is 5.56 Å². The van der Waals surface area contributed by atoms with E-state index in [1.54, 1.807) is 4.68 Å². The van der Waals surface area contributed by atoms with E-state index in [1.807, 2.05) is 36.3 Å². The quantitative estimate of drug-likeness (QED) is 0.407. The van der Waals surface area contributed by atoms with E-state index < -0.39 is 8.32 Å². The fourth-order valence-corrected chi connectivity index (χ4v) is 8.05. The number of nitrogens with zero attached hydrogens (tertiary/aromatic N) is 4. The van der Waals surface area contributed by atoms with Gasteiger partial charge in [-0.15, -0.1) is 5.10 Å². The number of aliphatic hydroxyl groups excluding tert-OH is 1. The van der Waals surface area contributed by atoms with Gasteiger partial charge in [0.2, 0.25) is 5.91 Å². The zero-order valence-electron chi connectivity index (χ0n) is 19.9. The number of rotatable bonds is 10. The molecule has 3 heterocycles. The number of aryl methyl sites for hydroxylation is 2. The molecular weight excluding hydrogens is 436 g/mol. The average molecular weight is 473 g/mol. The first-order valence-electron chi connectivity index (χ1n) is 12.0. The zero-order chi connectivity index (χ0) is 23.6. The van der Waals surface area contributed by atoms with Crippen molar-refractivity contribution in [2.24, 2.45) is 5.92 Å². The van der Waals surface area contributed by atoms with Gasteiger partial charge in [0.25, 0.3) is 0 Å². The average Bonchev–Trinajstić information content (AvgIpc) is 3.33. The first-order valence-corrected chi connectivity index (χ1v) is 15.1. The lowest BCUT2D eigenvalue weighted by Gasteiger charge is -2.31. The Kier molecular flexibility index (Phi) is 7.33. The van der Waals surface area contributed by atoms with Crippen LogP contribution in [0, 0.1) is 5.92 Å². The van der Waals surface area contributed by atoms with Crippen molar-refractivity contribution in [3.8, 4) is 0 Å². The number of aromatic nitrogens is 3. The van der Waals surface area contributed by atoms with E-state index in [-0.39, 0.29) is 36.2 Å². The van der Waals surface area contributed by atoms with Gasteiger partial charge < -0.3 is 19.5 Å². The molecule has 0 aliphatic carbocycles. The summed E-state index contributed by atoms with van der Waals surface area (Å²) in [6.07, 6.45) is 5.64. The summed E-state index contributed by atoms with van der Waals surface area (Å²) in [7, 11) is -2.42. The minimum absolute atomic E-state index is 0.00722. The maximum Gasteiger partial charge on any atom is 0.228 e. The molecule has 8 nitrogen and oxygen atoms in total. The van der Waals surface area contributed by atoms with Gasteiger partial charge in [-0.2, -0.15) is 0 Å². The molecule has 1 amide bonds. The first kappa shape index (κ1) is 24.1. The van der Waals surface area contributed by atoms with E-state index in [2.05, 4.69) is 29.4 Å². The van der Waals surface area contributed by atoms with Gasteiger partial charge in [-0.1, -0.05) is 24.3 Å². The van der Waals surface area contributed by atoms with Crippen molar-refractivity contribution in [2.75, 3.05) is 18.1 Å². The molecule has 9 heteroatoms. The molecule has 2 N–H and O–H groups in total. The molecular formula is C24H36N4O4Si. The van der Waals surface area contributed by atoms with Crippen LogP contribution in [0.15, 0.2) is 30.5 Å². The van der Waals surface area contributed by atoms with Crippen LogP contribution in [-0.4, -0.2) is 64.5 Å². The van der Waals surface area contributed by atoms with Crippen LogP contribution < -0.4 is 4.90 Å². The Morgan fingerprint density at radius 1 is 1.21 bits per heavy atom. The second-order valence-electron chi connectivity index (χ2n) is 9.99. The third-order valence-electron chi connectivity index (χ3n) is 7.11. The highest BCUT2D eigenvalue weighted by Crippen LogP contribution is 2.45. The Hall–Kier alpha value is -2.07. The minimum atomic E-state index is -2.42. The fourth-order valence-electron chi connectivity index (χ4n) is 5.39. The molecule has 0 saturated carbocycles. The maximum atomic E-state index is 11.8. The van der Waals surface area contributed by atoms with E-state index in [4.69, 9.17) is 9.84 Å². The molecule has 180 valence electrons. The highest BCUT2D eigenvalue weighted by atomic mass is 28.4. The van der Waals surface area contributed by atoms with Gasteiger partial charge in [0.1, 0.15) is 0 Å². The fraction of sp³-hybridized carbons (Fsp3) is 0.625. The van der Waals surface area contributed by atoms with Gasteiger partial charge in [0, 0.05) is 50.0 Å². The van der Waals surface area contributed by atoms with Crippen molar-refractivity contribution in [3.05, 3.63) is 41.7 Å². The molecule has 2 aliphatic rings. The van der Waals surface area contributed by atoms with Crippen LogP contribution in [-0.2, 0) is 28.9 Å². The minimum Gasteiger partial charge on any atom is -0.432 e. The number of benzene rings is 1. The van der Waals surface area contributed by atoms with Crippen molar-refractivity contribution < 1.29 is 19.4 Å². The summed E-state index contributed by atoms with van der Waals surface area (Å²) in [5.41, 5.74) is 3.14. The number of carbonyl (C=O) groups is 1. The highest BCUT2D eigenvalue weighted by molar-refractivity contribution is 6.71. The number of hydrogen-bond acceptors (Lipinski definition) is 6. The lowest BCUT2D eigenvalue weighted by atomic mass is 9.95. The first-order chi connectivity index (χ1) is 15.8. The van der Waals surface area contributed by atoms with E-state index in [0.717, 1.165) is 37.2 Å². The number of aliphatic hydroxyl groups is 1. The molecule has 2 aromatic rings. The van der Waals surface area contributed by atoms with Gasteiger partial charge in [-0.3, -0.25) is 9.48 Å². The van der Waals surface area contributed by atoms with Crippen molar-refractivity contribution in [3.63, 3.8) is 0 Å². The summed E-state index contributed by atoms with van der Waals surface area (Å²) in [4.78, 5) is 24.7. The molecule has 0 radical (unpaired) electrons. The Morgan fingerprint density at radius 3 is 2.70 bits per heavy atom. The summed E-state index contributed by atoms with van der Waals surface area (Å²) >= 11 is 0. The number of β-lactam (4-membered cyclic amide) rings is 1. The molecule has 0 unspecified atom stereocenters. The molecule has 1 aromatic heterocycles. The van der Waals surface area contributed by atoms with E-state index in [0.29, 0.717) is 19.4 Å².